The van der Waals surface area contributed by atoms with E-state index in [2.05, 4.69) is 147 Å². The lowest BCUT2D eigenvalue weighted by atomic mass is 9.98. The first-order chi connectivity index (χ1) is 32.9. The van der Waals surface area contributed by atoms with Crippen molar-refractivity contribution in [3.63, 3.8) is 0 Å². The van der Waals surface area contributed by atoms with Gasteiger partial charge in [-0.15, -0.1) is 0 Å². The van der Waals surface area contributed by atoms with Crippen molar-refractivity contribution in [1.29, 1.82) is 0 Å². The van der Waals surface area contributed by atoms with E-state index in [1.165, 1.54) is 0 Å². The summed E-state index contributed by atoms with van der Waals surface area (Å²) < 4.78 is 35.0. The fourth-order valence-corrected chi connectivity index (χ4v) is 10.0. The van der Waals surface area contributed by atoms with E-state index in [1.807, 2.05) is 48.5 Å². The minimum atomic E-state index is 0.816. The second-order valence-electron chi connectivity index (χ2n) is 16.8. The van der Waals surface area contributed by atoms with Crippen molar-refractivity contribution in [2.75, 3.05) is 35.5 Å². The summed E-state index contributed by atoms with van der Waals surface area (Å²) in [6, 6.07) is 64.6. The number of benzene rings is 9. The Hall–Kier alpha value is -8.62. The summed E-state index contributed by atoms with van der Waals surface area (Å²) in [7, 11) is 8.53. The lowest BCUT2D eigenvalue weighted by molar-refractivity contribution is 0.414. The van der Waals surface area contributed by atoms with E-state index < -0.39 is 0 Å². The average Bonchev–Trinajstić information content (AvgIpc) is 4.02. The van der Waals surface area contributed by atoms with Gasteiger partial charge in [-0.1, -0.05) is 24.3 Å². The molecule has 326 valence electrons. The molecule has 0 aliphatic carbocycles. The largest absolute Gasteiger partial charge is 0.497 e. The number of rotatable bonds is 10. The van der Waals surface area contributed by atoms with Gasteiger partial charge in [0.15, 0.2) is 0 Å². The summed E-state index contributed by atoms with van der Waals surface area (Å²) in [4.78, 5) is 0. The van der Waals surface area contributed by atoms with Crippen LogP contribution in [0, 0.1) is 0 Å². The first-order valence-corrected chi connectivity index (χ1v) is 22.2. The molecule has 0 unspecified atom stereocenters. The standard InChI is InChI=1S/C59H45N3O5/c1-63-43-16-10-40(11-17-43)60-54-24-6-36(38-8-26-56-50(32-38)52-34-46(66-4)22-28-58(52)61(56)41-12-18-44(64-2)19-13-41)30-48(54)49-31-37(7-25-55(49)60)39-9-27-57-51(33-39)53-35-47(67-5)23-29-59(53)62(57)42-14-20-45(65-3)21-15-42/h6-35H,1-5H3. The highest BCUT2D eigenvalue weighted by Crippen LogP contribution is 2.42. The number of hydrogen-bond donors (Lipinski definition) is 0. The van der Waals surface area contributed by atoms with Crippen molar-refractivity contribution in [3.05, 3.63) is 182 Å². The van der Waals surface area contributed by atoms with Crippen molar-refractivity contribution >= 4 is 65.4 Å². The summed E-state index contributed by atoms with van der Waals surface area (Å²) >= 11 is 0. The van der Waals surface area contributed by atoms with Crippen LogP contribution in [0.5, 0.6) is 28.7 Å². The Morgan fingerprint density at radius 3 is 0.672 bits per heavy atom. The number of ether oxygens (including phenoxy) is 5. The zero-order chi connectivity index (χ0) is 45.3. The molecule has 0 bridgehead atoms. The highest BCUT2D eigenvalue weighted by molar-refractivity contribution is 6.15. The molecule has 12 rings (SSSR count). The molecule has 9 aromatic carbocycles. The highest BCUT2D eigenvalue weighted by atomic mass is 16.5. The molecule has 0 radical (unpaired) electrons. The van der Waals surface area contributed by atoms with Crippen LogP contribution in [0.3, 0.4) is 0 Å². The SMILES string of the molecule is COc1ccc(-n2c3ccc(OC)cc3c3cc(-c4ccc5c(c4)c4cc(-c6ccc7c(c6)c6cc(OC)ccc6n7-c6ccc(OC)cc6)ccc4n5-c4ccc(OC)cc4)ccc32)cc1. The summed E-state index contributed by atoms with van der Waals surface area (Å²) in [6.07, 6.45) is 0. The van der Waals surface area contributed by atoms with Crippen molar-refractivity contribution in [3.8, 4) is 68.1 Å². The Bertz CT molecular complexity index is 3650. The second-order valence-corrected chi connectivity index (χ2v) is 16.8. The van der Waals surface area contributed by atoms with Gasteiger partial charge >= 0.3 is 0 Å². The molecule has 12 aromatic rings. The van der Waals surface area contributed by atoms with Gasteiger partial charge < -0.3 is 37.4 Å². The van der Waals surface area contributed by atoms with Gasteiger partial charge in [0.2, 0.25) is 0 Å². The number of methoxy groups -OCH3 is 5. The molecule has 0 spiro atoms. The molecule has 0 N–H and O–H groups in total. The van der Waals surface area contributed by atoms with Gasteiger partial charge in [-0.05, 0) is 180 Å². The summed E-state index contributed by atoms with van der Waals surface area (Å²) in [5.74, 6) is 4.09. The third-order valence-corrected chi connectivity index (χ3v) is 13.4. The minimum Gasteiger partial charge on any atom is -0.497 e. The third kappa shape index (κ3) is 6.43. The molecule has 3 aromatic heterocycles. The Balaban J connectivity index is 1.04. The third-order valence-electron chi connectivity index (χ3n) is 13.4. The maximum atomic E-state index is 5.74. The molecule has 0 aliphatic heterocycles. The van der Waals surface area contributed by atoms with E-state index in [1.54, 1.807) is 35.5 Å². The molecular weight excluding hydrogens is 831 g/mol. The Morgan fingerprint density at radius 2 is 0.433 bits per heavy atom. The maximum absolute atomic E-state index is 5.74. The monoisotopic (exact) mass is 875 g/mol. The molecule has 8 nitrogen and oxygen atoms in total. The number of hydrogen-bond acceptors (Lipinski definition) is 5. The molecule has 0 saturated carbocycles. The quantitative estimate of drug-likeness (QED) is 0.137. The maximum Gasteiger partial charge on any atom is 0.119 e. The fraction of sp³-hybridized carbons (Fsp3) is 0.0847. The Labute approximate surface area is 386 Å². The Kier molecular flexibility index (Phi) is 9.43. The number of fused-ring (bicyclic) bond motifs is 9. The van der Waals surface area contributed by atoms with Gasteiger partial charge in [-0.25, -0.2) is 0 Å². The van der Waals surface area contributed by atoms with Crippen LogP contribution >= 0.6 is 0 Å². The molecule has 0 atom stereocenters. The number of nitrogens with zero attached hydrogens (tertiary/aromatic N) is 3. The normalized spacial score (nSPS) is 11.7. The van der Waals surface area contributed by atoms with Crippen LogP contribution in [0.1, 0.15) is 0 Å². The van der Waals surface area contributed by atoms with Crippen LogP contribution in [-0.2, 0) is 0 Å². The summed E-state index contributed by atoms with van der Waals surface area (Å²) in [5, 5.41) is 6.86. The van der Waals surface area contributed by atoms with Crippen molar-refractivity contribution in [1.82, 2.24) is 13.7 Å². The fourth-order valence-electron chi connectivity index (χ4n) is 10.0. The average molecular weight is 876 g/mol. The lowest BCUT2D eigenvalue weighted by Gasteiger charge is -2.10. The lowest BCUT2D eigenvalue weighted by Crippen LogP contribution is -1.94. The van der Waals surface area contributed by atoms with E-state index >= 15 is 0 Å². The van der Waals surface area contributed by atoms with E-state index in [9.17, 15) is 0 Å². The first-order valence-electron chi connectivity index (χ1n) is 22.2. The van der Waals surface area contributed by atoms with E-state index in [-0.39, 0.29) is 0 Å². The van der Waals surface area contributed by atoms with E-state index in [4.69, 9.17) is 23.7 Å². The van der Waals surface area contributed by atoms with Crippen LogP contribution in [0.2, 0.25) is 0 Å². The molecule has 0 amide bonds. The zero-order valence-electron chi connectivity index (χ0n) is 37.7. The molecule has 0 fully saturated rings. The molecular formula is C59H45N3O5. The molecule has 0 saturated heterocycles. The van der Waals surface area contributed by atoms with E-state index in [0.717, 1.165) is 133 Å². The van der Waals surface area contributed by atoms with Gasteiger partial charge in [0.1, 0.15) is 28.7 Å². The number of aromatic nitrogens is 3. The second kappa shape index (κ2) is 15.8. The van der Waals surface area contributed by atoms with E-state index in [0.29, 0.717) is 0 Å². The molecule has 3 heterocycles. The predicted molar refractivity (Wildman–Crippen MR) is 273 cm³/mol. The van der Waals surface area contributed by atoms with Crippen LogP contribution < -0.4 is 23.7 Å². The summed E-state index contributed by atoms with van der Waals surface area (Å²) in [5.41, 5.74) is 14.4. The predicted octanol–water partition coefficient (Wildman–Crippen LogP) is 14.4. The van der Waals surface area contributed by atoms with Crippen LogP contribution in [0.15, 0.2) is 182 Å². The van der Waals surface area contributed by atoms with Crippen LogP contribution in [0.25, 0.3) is 105 Å². The zero-order valence-corrected chi connectivity index (χ0v) is 37.7. The van der Waals surface area contributed by atoms with Gasteiger partial charge in [0, 0.05) is 49.4 Å². The summed E-state index contributed by atoms with van der Waals surface area (Å²) in [6.45, 7) is 0. The Morgan fingerprint density at radius 1 is 0.224 bits per heavy atom. The van der Waals surface area contributed by atoms with Gasteiger partial charge in [0.25, 0.3) is 0 Å². The highest BCUT2D eigenvalue weighted by Gasteiger charge is 2.19. The van der Waals surface area contributed by atoms with Gasteiger partial charge in [-0.2, -0.15) is 0 Å². The van der Waals surface area contributed by atoms with Crippen LogP contribution in [-0.4, -0.2) is 49.3 Å². The van der Waals surface area contributed by atoms with Crippen LogP contribution in [0.4, 0.5) is 0 Å². The smallest absolute Gasteiger partial charge is 0.119 e. The molecule has 8 heteroatoms. The topological polar surface area (TPSA) is 60.9 Å². The molecule has 67 heavy (non-hydrogen) atoms. The van der Waals surface area contributed by atoms with Crippen molar-refractivity contribution in [2.24, 2.45) is 0 Å². The minimum absolute atomic E-state index is 0.816. The molecule has 0 aliphatic rings. The first kappa shape index (κ1) is 39.9. The van der Waals surface area contributed by atoms with Gasteiger partial charge in [-0.3, -0.25) is 0 Å². The van der Waals surface area contributed by atoms with Crippen molar-refractivity contribution in [2.45, 2.75) is 0 Å². The van der Waals surface area contributed by atoms with Gasteiger partial charge in [0.05, 0.1) is 68.6 Å². The van der Waals surface area contributed by atoms with Crippen molar-refractivity contribution < 1.29 is 23.7 Å².